The normalized spacial score (nSPS) is 34.9. The number of aliphatic imine (C=N–C) groups is 1. The molecule has 0 aromatic carbocycles. The van der Waals surface area contributed by atoms with E-state index in [-0.39, 0.29) is 5.71 Å². The first-order chi connectivity index (χ1) is 11.7. The highest BCUT2D eigenvalue weighted by molar-refractivity contribution is 6.40. The van der Waals surface area contributed by atoms with Gasteiger partial charge in [0, 0.05) is 24.1 Å². The van der Waals surface area contributed by atoms with E-state index in [1.807, 2.05) is 12.3 Å². The van der Waals surface area contributed by atoms with Crippen molar-refractivity contribution in [1.29, 1.82) is 0 Å². The number of hydrogen-bond donors (Lipinski definition) is 1. The van der Waals surface area contributed by atoms with Crippen LogP contribution in [-0.4, -0.2) is 34.3 Å². The lowest BCUT2D eigenvalue weighted by Crippen LogP contribution is -2.39. The largest absolute Gasteiger partial charge is 0.477 e. The Balaban J connectivity index is 1.77. The van der Waals surface area contributed by atoms with Gasteiger partial charge in [-0.05, 0) is 43.5 Å². The highest BCUT2D eigenvalue weighted by atomic mass is 16.4. The van der Waals surface area contributed by atoms with Crippen molar-refractivity contribution in [2.24, 2.45) is 27.1 Å². The van der Waals surface area contributed by atoms with Crippen LogP contribution in [0.4, 0.5) is 0 Å². The van der Waals surface area contributed by atoms with Gasteiger partial charge in [0.15, 0.2) is 0 Å². The van der Waals surface area contributed by atoms with Crippen molar-refractivity contribution >= 4 is 11.7 Å². The molecule has 6 heteroatoms. The van der Waals surface area contributed by atoms with Crippen LogP contribution in [0.2, 0.25) is 0 Å². The van der Waals surface area contributed by atoms with Crippen LogP contribution >= 0.6 is 0 Å². The molecule has 1 saturated carbocycles. The topological polar surface area (TPSA) is 77.6 Å². The third-order valence-electron chi connectivity index (χ3n) is 5.37. The van der Waals surface area contributed by atoms with Gasteiger partial charge in [-0.25, -0.2) is 9.79 Å². The second-order valence-electron chi connectivity index (χ2n) is 6.65. The molecule has 0 aromatic heterocycles. The first kappa shape index (κ1) is 15.1. The van der Waals surface area contributed by atoms with E-state index < -0.39 is 5.97 Å². The Morgan fingerprint density at radius 3 is 3.00 bits per heavy atom. The van der Waals surface area contributed by atoms with Gasteiger partial charge in [0.2, 0.25) is 0 Å². The standard InChI is InChI=1S/C18H20N4O2/c23-18(24)15-6-1-2-8-22-9-7-12-4-3-5-13(17(12)22)14-10-20-21-16(14)11-19-15/h1-2,6,8,10-13,17H,3-5,7,9H2,(H,23,24)/b6-1?,8-2-,16-11+,19-15?. The summed E-state index contributed by atoms with van der Waals surface area (Å²) in [5.41, 5.74) is 1.79. The van der Waals surface area contributed by atoms with E-state index in [4.69, 9.17) is 0 Å². The van der Waals surface area contributed by atoms with Crippen molar-refractivity contribution in [3.63, 3.8) is 0 Å². The molecular weight excluding hydrogens is 304 g/mol. The van der Waals surface area contributed by atoms with Crippen LogP contribution in [0.1, 0.15) is 25.7 Å². The van der Waals surface area contributed by atoms with Crippen molar-refractivity contribution < 1.29 is 9.90 Å². The molecule has 3 atom stereocenters. The Labute approximate surface area is 140 Å². The predicted molar refractivity (Wildman–Crippen MR) is 90.3 cm³/mol. The number of allylic oxidation sites excluding steroid dienone is 3. The monoisotopic (exact) mass is 324 g/mol. The van der Waals surface area contributed by atoms with Gasteiger partial charge in [-0.15, -0.1) is 5.11 Å². The molecule has 0 amide bonds. The lowest BCUT2D eigenvalue weighted by Gasteiger charge is -2.38. The van der Waals surface area contributed by atoms with E-state index in [1.165, 1.54) is 25.3 Å². The summed E-state index contributed by atoms with van der Waals surface area (Å²) in [5, 5.41) is 17.5. The smallest absolute Gasteiger partial charge is 0.354 e. The molecule has 6 nitrogen and oxygen atoms in total. The molecule has 2 fully saturated rings. The fourth-order valence-corrected chi connectivity index (χ4v) is 4.33. The van der Waals surface area contributed by atoms with E-state index in [0.29, 0.717) is 23.6 Å². The zero-order valence-electron chi connectivity index (χ0n) is 13.4. The van der Waals surface area contributed by atoms with Crippen molar-refractivity contribution in [3.05, 3.63) is 48.1 Å². The number of fused-ring (bicyclic) bond motifs is 2. The zero-order valence-corrected chi connectivity index (χ0v) is 13.4. The maximum absolute atomic E-state index is 11.3. The van der Waals surface area contributed by atoms with Crippen molar-refractivity contribution in [2.45, 2.75) is 31.7 Å². The highest BCUT2D eigenvalue weighted by Gasteiger charge is 2.43. The summed E-state index contributed by atoms with van der Waals surface area (Å²) >= 11 is 0. The maximum atomic E-state index is 11.3. The number of rotatable bonds is 1. The fourth-order valence-electron chi connectivity index (χ4n) is 4.33. The van der Waals surface area contributed by atoms with E-state index in [1.54, 1.807) is 12.3 Å². The van der Waals surface area contributed by atoms with Gasteiger partial charge in [-0.1, -0.05) is 12.5 Å². The van der Waals surface area contributed by atoms with Crippen molar-refractivity contribution in [3.8, 4) is 0 Å². The predicted octanol–water partition coefficient (Wildman–Crippen LogP) is 3.28. The summed E-state index contributed by atoms with van der Waals surface area (Å²) in [6.07, 6.45) is 15.5. The molecule has 3 aliphatic heterocycles. The minimum Gasteiger partial charge on any atom is -0.477 e. The van der Waals surface area contributed by atoms with Crippen LogP contribution in [0.25, 0.3) is 0 Å². The molecule has 1 saturated heterocycles. The summed E-state index contributed by atoms with van der Waals surface area (Å²) < 4.78 is 0. The average Bonchev–Trinajstić information content (AvgIpc) is 3.19. The Hall–Kier alpha value is -2.50. The number of carboxylic acids is 1. The second-order valence-corrected chi connectivity index (χ2v) is 6.65. The average molecular weight is 324 g/mol. The number of aliphatic carboxylic acids is 1. The lowest BCUT2D eigenvalue weighted by molar-refractivity contribution is -0.129. The Morgan fingerprint density at radius 1 is 1.21 bits per heavy atom. The minimum atomic E-state index is -1.05. The zero-order chi connectivity index (χ0) is 16.5. The minimum absolute atomic E-state index is 0.00586. The molecule has 0 spiro atoms. The molecule has 24 heavy (non-hydrogen) atoms. The first-order valence-electron chi connectivity index (χ1n) is 8.47. The number of carboxylic acid groups (broad SMARTS) is 1. The molecule has 4 rings (SSSR count). The van der Waals surface area contributed by atoms with Gasteiger partial charge in [0.25, 0.3) is 0 Å². The summed E-state index contributed by atoms with van der Waals surface area (Å²) in [7, 11) is 0. The number of nitrogens with zero attached hydrogens (tertiary/aromatic N) is 4. The lowest BCUT2D eigenvalue weighted by atomic mass is 9.73. The number of azo groups is 1. The Bertz CT molecular complexity index is 729. The van der Waals surface area contributed by atoms with E-state index in [2.05, 4.69) is 26.3 Å². The van der Waals surface area contributed by atoms with Crippen LogP contribution in [0.15, 0.2) is 63.3 Å². The van der Waals surface area contributed by atoms with Crippen LogP contribution in [-0.2, 0) is 4.79 Å². The molecular formula is C18H20N4O2. The summed E-state index contributed by atoms with van der Waals surface area (Å²) in [6.45, 7) is 1.05. The Kier molecular flexibility index (Phi) is 3.88. The fraction of sp³-hybridized carbons (Fsp3) is 0.444. The van der Waals surface area contributed by atoms with Gasteiger partial charge in [-0.2, -0.15) is 5.11 Å². The summed E-state index contributed by atoms with van der Waals surface area (Å²) in [5.74, 6) is 0.0380. The Morgan fingerprint density at radius 2 is 2.12 bits per heavy atom. The van der Waals surface area contributed by atoms with Crippen LogP contribution in [0.5, 0.6) is 0 Å². The van der Waals surface area contributed by atoms with Gasteiger partial charge in [0.1, 0.15) is 11.4 Å². The molecule has 1 N–H and O–H groups in total. The molecule has 0 bridgehead atoms. The SMILES string of the molecule is O=C(O)C1=N/C=C2/N=NC=C2C2CCCC3CCN(/C=C\C=C1)C32. The highest BCUT2D eigenvalue weighted by Crippen LogP contribution is 2.45. The summed E-state index contributed by atoms with van der Waals surface area (Å²) in [4.78, 5) is 17.8. The van der Waals surface area contributed by atoms with Crippen molar-refractivity contribution in [1.82, 2.24) is 4.90 Å². The molecule has 3 heterocycles. The molecule has 124 valence electrons. The van der Waals surface area contributed by atoms with Crippen molar-refractivity contribution in [2.75, 3.05) is 6.54 Å². The van der Waals surface area contributed by atoms with Gasteiger partial charge in [0.05, 0.1) is 12.4 Å². The number of hydrogen-bond acceptors (Lipinski definition) is 5. The number of carbonyl (C=O) groups is 1. The van der Waals surface area contributed by atoms with Gasteiger partial charge in [-0.3, -0.25) is 0 Å². The third-order valence-corrected chi connectivity index (χ3v) is 5.37. The molecule has 4 aliphatic rings. The van der Waals surface area contributed by atoms with Crippen LogP contribution in [0.3, 0.4) is 0 Å². The maximum Gasteiger partial charge on any atom is 0.354 e. The molecule has 0 radical (unpaired) electrons. The first-order valence-corrected chi connectivity index (χ1v) is 8.47. The molecule has 1 aliphatic carbocycles. The van der Waals surface area contributed by atoms with E-state index in [0.717, 1.165) is 18.5 Å². The molecule has 0 aromatic rings. The van der Waals surface area contributed by atoms with Gasteiger partial charge >= 0.3 is 5.97 Å². The quantitative estimate of drug-likeness (QED) is 0.804. The van der Waals surface area contributed by atoms with Gasteiger partial charge < -0.3 is 10.0 Å². The summed E-state index contributed by atoms with van der Waals surface area (Å²) in [6, 6.07) is 0.476. The van der Waals surface area contributed by atoms with E-state index in [9.17, 15) is 9.90 Å². The second kappa shape index (κ2) is 6.19. The third kappa shape index (κ3) is 2.62. The molecule has 3 unspecified atom stereocenters. The van der Waals surface area contributed by atoms with Crippen LogP contribution in [0, 0.1) is 11.8 Å². The van der Waals surface area contributed by atoms with Crippen LogP contribution < -0.4 is 0 Å². The van der Waals surface area contributed by atoms with E-state index >= 15 is 0 Å².